The highest BCUT2D eigenvalue weighted by Gasteiger charge is 2.37. The van der Waals surface area contributed by atoms with Crippen molar-refractivity contribution in [1.29, 1.82) is 0 Å². The van der Waals surface area contributed by atoms with Crippen molar-refractivity contribution in [3.05, 3.63) is 0 Å². The molecule has 1 aliphatic rings. The molecule has 100 valence electrons. The van der Waals surface area contributed by atoms with Crippen LogP contribution in [-0.2, 0) is 4.79 Å². The fourth-order valence-corrected chi connectivity index (χ4v) is 3.17. The lowest BCUT2D eigenvalue weighted by Crippen LogP contribution is -2.43. The van der Waals surface area contributed by atoms with Crippen LogP contribution in [0.5, 0.6) is 0 Å². The van der Waals surface area contributed by atoms with Gasteiger partial charge in [0.1, 0.15) is 0 Å². The maximum atomic E-state index is 12.1. The minimum Gasteiger partial charge on any atom is -0.323 e. The molecular weight excluding hydrogens is 232 g/mol. The Morgan fingerprint density at radius 1 is 1.47 bits per heavy atom. The Bertz CT molecular complexity index is 248. The summed E-state index contributed by atoms with van der Waals surface area (Å²) in [7, 11) is 0. The first-order valence-corrected chi connectivity index (χ1v) is 7.93. The number of nitrogens with zero attached hydrogens (tertiary/aromatic N) is 1. The molecule has 3 nitrogen and oxygen atoms in total. The first-order valence-electron chi connectivity index (χ1n) is 6.77. The van der Waals surface area contributed by atoms with E-state index in [1.807, 2.05) is 18.7 Å². The molecule has 1 heterocycles. The number of rotatable bonds is 7. The lowest BCUT2D eigenvalue weighted by atomic mass is 10.1. The van der Waals surface area contributed by atoms with Crippen LogP contribution in [0.15, 0.2) is 0 Å². The van der Waals surface area contributed by atoms with E-state index in [0.29, 0.717) is 6.04 Å². The first kappa shape index (κ1) is 14.8. The number of thioether (sulfide) groups is 1. The number of carbonyl (C=O) groups is 1. The highest BCUT2D eigenvalue weighted by Crippen LogP contribution is 2.20. The van der Waals surface area contributed by atoms with Gasteiger partial charge in [-0.2, -0.15) is 11.8 Å². The molecular formula is C13H26N2OS. The minimum absolute atomic E-state index is 0.00664. The second-order valence-electron chi connectivity index (χ2n) is 4.77. The molecule has 1 amide bonds. The summed E-state index contributed by atoms with van der Waals surface area (Å²) in [6.45, 7) is 8.50. The van der Waals surface area contributed by atoms with Crippen molar-refractivity contribution in [1.82, 2.24) is 10.2 Å². The van der Waals surface area contributed by atoms with Crippen molar-refractivity contribution in [3.63, 3.8) is 0 Å². The Balaban J connectivity index is 2.54. The molecule has 1 saturated heterocycles. The van der Waals surface area contributed by atoms with Gasteiger partial charge in [0.15, 0.2) is 0 Å². The Hall–Kier alpha value is -0.220. The van der Waals surface area contributed by atoms with E-state index in [4.69, 9.17) is 0 Å². The van der Waals surface area contributed by atoms with Gasteiger partial charge in [-0.1, -0.05) is 20.3 Å². The molecule has 0 saturated carbocycles. The standard InChI is InChI=1S/C13H26N2OS/c1-5-7-12-14-11(4)13(16)15(12)10(3)8-9-17-6-2/h10-12,14H,5-9H2,1-4H3. The zero-order valence-corrected chi connectivity index (χ0v) is 12.3. The van der Waals surface area contributed by atoms with Crippen LogP contribution in [0.2, 0.25) is 0 Å². The number of carbonyl (C=O) groups excluding carboxylic acids is 1. The van der Waals surface area contributed by atoms with E-state index in [-0.39, 0.29) is 18.1 Å². The van der Waals surface area contributed by atoms with E-state index in [2.05, 4.69) is 31.0 Å². The van der Waals surface area contributed by atoms with E-state index >= 15 is 0 Å². The van der Waals surface area contributed by atoms with E-state index in [9.17, 15) is 4.79 Å². The molecule has 1 aliphatic heterocycles. The Morgan fingerprint density at radius 3 is 2.76 bits per heavy atom. The van der Waals surface area contributed by atoms with Crippen LogP contribution in [0.4, 0.5) is 0 Å². The van der Waals surface area contributed by atoms with Crippen LogP contribution < -0.4 is 5.32 Å². The highest BCUT2D eigenvalue weighted by atomic mass is 32.2. The Morgan fingerprint density at radius 2 is 2.18 bits per heavy atom. The average Bonchev–Trinajstić information content (AvgIpc) is 2.55. The fourth-order valence-electron chi connectivity index (χ4n) is 2.37. The van der Waals surface area contributed by atoms with Gasteiger partial charge in [0.2, 0.25) is 5.91 Å². The summed E-state index contributed by atoms with van der Waals surface area (Å²) in [5.41, 5.74) is 0. The quantitative estimate of drug-likeness (QED) is 0.712. The zero-order chi connectivity index (χ0) is 12.8. The van der Waals surface area contributed by atoms with Gasteiger partial charge in [-0.25, -0.2) is 0 Å². The summed E-state index contributed by atoms with van der Waals surface area (Å²) < 4.78 is 0. The summed E-state index contributed by atoms with van der Waals surface area (Å²) in [4.78, 5) is 14.2. The van der Waals surface area contributed by atoms with E-state index in [1.54, 1.807) is 0 Å². The smallest absolute Gasteiger partial charge is 0.240 e. The third kappa shape index (κ3) is 3.88. The predicted molar refractivity (Wildman–Crippen MR) is 75.2 cm³/mol. The van der Waals surface area contributed by atoms with Gasteiger partial charge < -0.3 is 4.90 Å². The number of nitrogens with one attached hydrogen (secondary N) is 1. The predicted octanol–water partition coefficient (Wildman–Crippen LogP) is 2.46. The summed E-state index contributed by atoms with van der Waals surface area (Å²) in [5, 5.41) is 3.40. The second kappa shape index (κ2) is 7.27. The van der Waals surface area contributed by atoms with Gasteiger partial charge in [0.05, 0.1) is 12.2 Å². The molecule has 0 aromatic rings. The van der Waals surface area contributed by atoms with Gasteiger partial charge in [-0.05, 0) is 38.2 Å². The van der Waals surface area contributed by atoms with Gasteiger partial charge in [0, 0.05) is 6.04 Å². The molecule has 0 bridgehead atoms. The molecule has 1 rings (SSSR count). The van der Waals surface area contributed by atoms with Crippen molar-refractivity contribution in [2.45, 2.75) is 65.2 Å². The summed E-state index contributed by atoms with van der Waals surface area (Å²) in [6.07, 6.45) is 3.52. The van der Waals surface area contributed by atoms with Crippen molar-refractivity contribution in [2.75, 3.05) is 11.5 Å². The van der Waals surface area contributed by atoms with Crippen molar-refractivity contribution in [3.8, 4) is 0 Å². The van der Waals surface area contributed by atoms with Crippen LogP contribution >= 0.6 is 11.8 Å². The minimum atomic E-state index is -0.00664. The van der Waals surface area contributed by atoms with Crippen LogP contribution in [0.3, 0.4) is 0 Å². The molecule has 17 heavy (non-hydrogen) atoms. The van der Waals surface area contributed by atoms with Gasteiger partial charge >= 0.3 is 0 Å². The topological polar surface area (TPSA) is 32.3 Å². The molecule has 0 aromatic heterocycles. The molecule has 3 atom stereocenters. The van der Waals surface area contributed by atoms with Crippen molar-refractivity contribution in [2.24, 2.45) is 0 Å². The molecule has 0 aliphatic carbocycles. The van der Waals surface area contributed by atoms with Gasteiger partial charge in [0.25, 0.3) is 0 Å². The lowest BCUT2D eigenvalue weighted by molar-refractivity contribution is -0.131. The third-order valence-corrected chi connectivity index (χ3v) is 4.26. The Kier molecular flexibility index (Phi) is 6.34. The van der Waals surface area contributed by atoms with Crippen LogP contribution in [-0.4, -0.2) is 40.6 Å². The molecule has 0 aromatic carbocycles. The van der Waals surface area contributed by atoms with Crippen LogP contribution in [0, 0.1) is 0 Å². The largest absolute Gasteiger partial charge is 0.323 e. The van der Waals surface area contributed by atoms with E-state index < -0.39 is 0 Å². The molecule has 1 N–H and O–H groups in total. The van der Waals surface area contributed by atoms with Gasteiger partial charge in [-0.3, -0.25) is 10.1 Å². The van der Waals surface area contributed by atoms with Crippen LogP contribution in [0.1, 0.15) is 47.0 Å². The summed E-state index contributed by atoms with van der Waals surface area (Å²) >= 11 is 1.95. The second-order valence-corrected chi connectivity index (χ2v) is 6.17. The zero-order valence-electron chi connectivity index (χ0n) is 11.5. The molecule has 3 unspecified atom stereocenters. The summed E-state index contributed by atoms with van der Waals surface area (Å²) in [5.74, 6) is 2.58. The number of amides is 1. The number of hydrogen-bond donors (Lipinski definition) is 1. The SMILES string of the molecule is CCCC1NC(C)C(=O)N1C(C)CCSCC. The van der Waals surface area contributed by atoms with Gasteiger partial charge in [-0.15, -0.1) is 0 Å². The Labute approximate surface area is 110 Å². The van der Waals surface area contributed by atoms with Crippen molar-refractivity contribution < 1.29 is 4.79 Å². The van der Waals surface area contributed by atoms with Crippen molar-refractivity contribution >= 4 is 17.7 Å². The fraction of sp³-hybridized carbons (Fsp3) is 0.923. The maximum Gasteiger partial charge on any atom is 0.240 e. The van der Waals surface area contributed by atoms with E-state index in [1.165, 1.54) is 0 Å². The molecule has 1 fully saturated rings. The average molecular weight is 258 g/mol. The first-order chi connectivity index (χ1) is 8.11. The third-order valence-electron chi connectivity index (χ3n) is 3.32. The molecule has 4 heteroatoms. The normalized spacial score (nSPS) is 26.6. The van der Waals surface area contributed by atoms with Crippen LogP contribution in [0.25, 0.3) is 0 Å². The monoisotopic (exact) mass is 258 g/mol. The summed E-state index contributed by atoms with van der Waals surface area (Å²) in [6, 6.07) is 0.350. The lowest BCUT2D eigenvalue weighted by Gasteiger charge is -2.30. The maximum absolute atomic E-state index is 12.1. The number of hydrogen-bond acceptors (Lipinski definition) is 3. The molecule has 0 spiro atoms. The van der Waals surface area contributed by atoms with E-state index in [0.717, 1.165) is 30.8 Å². The molecule has 0 radical (unpaired) electrons. The highest BCUT2D eigenvalue weighted by molar-refractivity contribution is 7.99.